The number of carbonyl (C=O) groups excluding carboxylic acids is 3. The summed E-state index contributed by atoms with van der Waals surface area (Å²) in [5.74, 6) is -0.467. The van der Waals surface area contributed by atoms with Crippen LogP contribution in [0.2, 0.25) is 0 Å². The van der Waals surface area contributed by atoms with Crippen molar-refractivity contribution in [1.82, 2.24) is 10.2 Å². The summed E-state index contributed by atoms with van der Waals surface area (Å²) in [4.78, 5) is 42.0. The maximum atomic E-state index is 13.7. The van der Waals surface area contributed by atoms with E-state index in [1.165, 1.54) is 16.9 Å². The zero-order chi connectivity index (χ0) is 28.5. The zero-order valence-electron chi connectivity index (χ0n) is 23.8. The smallest absolute Gasteiger partial charge is 0.324 e. The number of hydrogen-bond acceptors (Lipinski definition) is 4. The average molecular weight is 547 g/mol. The molecule has 0 radical (unpaired) electrons. The third kappa shape index (κ3) is 6.01. The Hall–Kier alpha value is -3.65. The van der Waals surface area contributed by atoms with Crippen molar-refractivity contribution < 1.29 is 14.4 Å². The first kappa shape index (κ1) is 28.4. The first-order valence-corrected chi connectivity index (χ1v) is 14.2. The lowest BCUT2D eigenvalue weighted by atomic mass is 9.93. The van der Waals surface area contributed by atoms with E-state index >= 15 is 0 Å². The molecule has 1 aromatic heterocycles. The minimum Gasteiger partial charge on any atom is -0.352 e. The number of piperazine rings is 1. The third-order valence-electron chi connectivity index (χ3n) is 7.19. The summed E-state index contributed by atoms with van der Waals surface area (Å²) in [6.07, 6.45) is 0.980. The van der Waals surface area contributed by atoms with E-state index in [4.69, 9.17) is 0 Å². The zero-order valence-corrected chi connectivity index (χ0v) is 24.6. The van der Waals surface area contributed by atoms with Crippen LogP contribution in [0.1, 0.15) is 67.9 Å². The van der Waals surface area contributed by atoms with Crippen LogP contribution >= 0.6 is 11.3 Å². The monoisotopic (exact) mass is 546 g/mol. The fourth-order valence-electron chi connectivity index (χ4n) is 4.61. The Balaban J connectivity index is 1.59. The summed E-state index contributed by atoms with van der Waals surface area (Å²) in [5, 5.41) is 9.15. The second kappa shape index (κ2) is 10.8. The number of thiophene rings is 1. The number of benzene rings is 2. The van der Waals surface area contributed by atoms with E-state index < -0.39 is 11.6 Å². The van der Waals surface area contributed by atoms with Crippen LogP contribution in [0.4, 0.5) is 15.5 Å². The van der Waals surface area contributed by atoms with Crippen LogP contribution in [-0.2, 0) is 16.6 Å². The van der Waals surface area contributed by atoms with Crippen LogP contribution in [0.3, 0.4) is 0 Å². The topological polar surface area (TPSA) is 90.5 Å². The second-order valence-electron chi connectivity index (χ2n) is 11.5. The molecule has 1 saturated heterocycles. The summed E-state index contributed by atoms with van der Waals surface area (Å²) in [7, 11) is 0. The normalized spacial score (nSPS) is 15.1. The van der Waals surface area contributed by atoms with Crippen molar-refractivity contribution in [2.24, 2.45) is 0 Å². The number of nitrogens with one attached hydrogen (secondary N) is 3. The highest BCUT2D eigenvalue weighted by atomic mass is 32.1. The van der Waals surface area contributed by atoms with E-state index in [9.17, 15) is 14.4 Å². The van der Waals surface area contributed by atoms with Gasteiger partial charge in [0.05, 0.1) is 5.56 Å². The number of nitrogens with zero attached hydrogens (tertiary/aromatic N) is 1. The molecule has 7 nitrogen and oxygen atoms in total. The van der Waals surface area contributed by atoms with Gasteiger partial charge in [0.15, 0.2) is 0 Å². The van der Waals surface area contributed by atoms with Crippen LogP contribution in [0, 0.1) is 6.92 Å². The molecule has 0 aliphatic carbocycles. The molecule has 2 heterocycles. The van der Waals surface area contributed by atoms with E-state index in [0.29, 0.717) is 29.3 Å². The molecule has 1 fully saturated rings. The second-order valence-corrected chi connectivity index (χ2v) is 12.6. The van der Waals surface area contributed by atoms with Crippen molar-refractivity contribution in [1.29, 1.82) is 0 Å². The van der Waals surface area contributed by atoms with Gasteiger partial charge in [-0.25, -0.2) is 4.79 Å². The van der Waals surface area contributed by atoms with Crippen molar-refractivity contribution in [3.8, 4) is 11.1 Å². The molecule has 3 N–H and O–H groups in total. The molecular weight excluding hydrogens is 508 g/mol. The van der Waals surface area contributed by atoms with Gasteiger partial charge >= 0.3 is 6.03 Å². The van der Waals surface area contributed by atoms with Crippen LogP contribution in [0.25, 0.3) is 11.1 Å². The lowest BCUT2D eigenvalue weighted by Gasteiger charge is -2.41. The van der Waals surface area contributed by atoms with Gasteiger partial charge in [-0.2, -0.15) is 0 Å². The van der Waals surface area contributed by atoms with Crippen molar-refractivity contribution in [3.63, 3.8) is 0 Å². The molecule has 0 atom stereocenters. The molecule has 0 unspecified atom stereocenters. The molecule has 2 aromatic carbocycles. The molecular formula is C31H38N4O3S. The number of anilines is 2. The molecule has 8 heteroatoms. The predicted molar refractivity (Wildman–Crippen MR) is 160 cm³/mol. The molecule has 1 aliphatic rings. The van der Waals surface area contributed by atoms with Gasteiger partial charge in [-0.3, -0.25) is 14.9 Å². The molecule has 3 aromatic rings. The highest BCUT2D eigenvalue weighted by molar-refractivity contribution is 7.16. The van der Waals surface area contributed by atoms with Gasteiger partial charge in [-0.05, 0) is 73.1 Å². The number of carbonyl (C=O) groups is 3. The molecule has 4 amide bonds. The summed E-state index contributed by atoms with van der Waals surface area (Å²) in [6.45, 7) is 14.6. The Morgan fingerprint density at radius 1 is 1.05 bits per heavy atom. The van der Waals surface area contributed by atoms with Crippen molar-refractivity contribution >= 4 is 39.9 Å². The summed E-state index contributed by atoms with van der Waals surface area (Å²) >= 11 is 1.38. The van der Waals surface area contributed by atoms with Crippen molar-refractivity contribution in [3.05, 3.63) is 70.1 Å². The van der Waals surface area contributed by atoms with E-state index in [2.05, 4.69) is 67.9 Å². The maximum absolute atomic E-state index is 13.7. The molecule has 4 rings (SSSR count). The van der Waals surface area contributed by atoms with Gasteiger partial charge in [-0.1, -0.05) is 58.0 Å². The number of amides is 4. The van der Waals surface area contributed by atoms with E-state index in [1.54, 1.807) is 18.7 Å². The Morgan fingerprint density at radius 2 is 1.74 bits per heavy atom. The van der Waals surface area contributed by atoms with Crippen molar-refractivity contribution in [2.75, 3.05) is 23.7 Å². The van der Waals surface area contributed by atoms with Crippen molar-refractivity contribution in [2.45, 2.75) is 65.8 Å². The molecule has 1 aliphatic heterocycles. The Labute approximate surface area is 235 Å². The minimum absolute atomic E-state index is 0.194. The van der Waals surface area contributed by atoms with Gasteiger partial charge < -0.3 is 15.5 Å². The first-order chi connectivity index (χ1) is 18.3. The van der Waals surface area contributed by atoms with Gasteiger partial charge in [0.25, 0.3) is 5.91 Å². The van der Waals surface area contributed by atoms with E-state index in [0.717, 1.165) is 28.0 Å². The fourth-order valence-corrected chi connectivity index (χ4v) is 5.71. The number of rotatable bonds is 5. The van der Waals surface area contributed by atoms with Gasteiger partial charge in [0.2, 0.25) is 5.91 Å². The lowest BCUT2D eigenvalue weighted by molar-refractivity contribution is -0.133. The maximum Gasteiger partial charge on any atom is 0.324 e. The molecule has 0 spiro atoms. The Morgan fingerprint density at radius 3 is 2.38 bits per heavy atom. The molecule has 0 bridgehead atoms. The van der Waals surface area contributed by atoms with Crippen LogP contribution in [0.5, 0.6) is 0 Å². The highest BCUT2D eigenvalue weighted by Gasteiger charge is 2.42. The molecule has 39 heavy (non-hydrogen) atoms. The molecule has 206 valence electrons. The Kier molecular flexibility index (Phi) is 7.89. The quantitative estimate of drug-likeness (QED) is 0.338. The summed E-state index contributed by atoms with van der Waals surface area (Å²) in [6, 6.07) is 15.7. The van der Waals surface area contributed by atoms with Crippen LogP contribution < -0.4 is 16.0 Å². The number of urea groups is 1. The molecule has 0 saturated carbocycles. The highest BCUT2D eigenvalue weighted by Crippen LogP contribution is 2.38. The van der Waals surface area contributed by atoms with E-state index in [-0.39, 0.29) is 17.2 Å². The first-order valence-electron chi connectivity index (χ1n) is 13.3. The average Bonchev–Trinajstić information content (AvgIpc) is 3.31. The largest absolute Gasteiger partial charge is 0.352 e. The van der Waals surface area contributed by atoms with Gasteiger partial charge in [0.1, 0.15) is 10.5 Å². The number of aryl methyl sites for hydroxylation is 2. The predicted octanol–water partition coefficient (Wildman–Crippen LogP) is 6.58. The minimum atomic E-state index is -0.994. The fraction of sp³-hybridized carbons (Fsp3) is 0.387. The van der Waals surface area contributed by atoms with E-state index in [1.807, 2.05) is 31.2 Å². The van der Waals surface area contributed by atoms with Gasteiger partial charge in [0, 0.05) is 23.7 Å². The Bertz CT molecular complexity index is 1400. The lowest BCUT2D eigenvalue weighted by Crippen LogP contribution is -2.63. The van der Waals surface area contributed by atoms with Crippen LogP contribution in [0.15, 0.2) is 48.5 Å². The number of hydrogen-bond donors (Lipinski definition) is 3. The van der Waals surface area contributed by atoms with Gasteiger partial charge in [-0.15, -0.1) is 11.3 Å². The van der Waals surface area contributed by atoms with Crippen LogP contribution in [-0.4, -0.2) is 41.4 Å². The summed E-state index contributed by atoms with van der Waals surface area (Å²) < 4.78 is 0. The standard InChI is InChI=1S/C31H38N4O3S/c1-8-20-10-12-21(13-11-20)23-17-22(14-9-19(23)2)33-29(38)34-26-24(18-25(39-26)30(3,4)5)27(36)35-16-15-32-28(37)31(35,6)7/h9-14,17-18H,8,15-16H2,1-7H3,(H,32,37)(H2,33,34,38). The third-order valence-corrected chi connectivity index (χ3v) is 8.67. The summed E-state index contributed by atoms with van der Waals surface area (Å²) in [5.41, 5.74) is 4.35. The SMILES string of the molecule is CCc1ccc(-c2cc(NC(=O)Nc3sc(C(C)(C)C)cc3C(=O)N3CCNC(=O)C3(C)C)ccc2C)cc1.